The molecule has 0 saturated heterocycles. The first-order chi connectivity index (χ1) is 8.20. The largest absolute Gasteiger partial charge is 0.396 e. The third-order valence-corrected chi connectivity index (χ3v) is 3.97. The van der Waals surface area contributed by atoms with Crippen LogP contribution in [0.4, 0.5) is 0 Å². The minimum atomic E-state index is 0.205. The standard InChI is InChI=1S/C13H14ClNOS/c1-9(6-7-16)13-15-12(8-17-13)10-2-4-11(14)5-3-10/h2-5,8-9,16H,6-7H2,1H3. The second kappa shape index (κ2) is 5.63. The number of nitrogens with zero attached hydrogens (tertiary/aromatic N) is 1. The highest BCUT2D eigenvalue weighted by atomic mass is 35.5. The molecule has 0 aliphatic carbocycles. The summed E-state index contributed by atoms with van der Waals surface area (Å²) in [6.45, 7) is 2.29. The maximum atomic E-state index is 8.91. The summed E-state index contributed by atoms with van der Waals surface area (Å²) >= 11 is 7.49. The van der Waals surface area contributed by atoms with Gasteiger partial charge in [0.2, 0.25) is 0 Å². The van der Waals surface area contributed by atoms with Crippen molar-refractivity contribution in [1.82, 2.24) is 4.98 Å². The number of rotatable bonds is 4. The Hall–Kier alpha value is -0.900. The average molecular weight is 268 g/mol. The SMILES string of the molecule is CC(CCO)c1nc(-c2ccc(Cl)cc2)cs1. The normalized spacial score (nSPS) is 12.6. The van der Waals surface area contributed by atoms with Crippen LogP contribution in [0, 0.1) is 0 Å². The molecule has 0 aliphatic rings. The highest BCUT2D eigenvalue weighted by Crippen LogP contribution is 2.28. The predicted octanol–water partition coefficient (Wildman–Crippen LogP) is 3.95. The molecule has 0 amide bonds. The van der Waals surface area contributed by atoms with E-state index >= 15 is 0 Å². The van der Waals surface area contributed by atoms with Crippen molar-refractivity contribution < 1.29 is 5.11 Å². The van der Waals surface area contributed by atoms with Gasteiger partial charge in [-0.25, -0.2) is 4.98 Å². The predicted molar refractivity (Wildman–Crippen MR) is 72.7 cm³/mol. The second-order valence-corrected chi connectivity index (χ2v) is 5.32. The van der Waals surface area contributed by atoms with Gasteiger partial charge >= 0.3 is 0 Å². The average Bonchev–Trinajstić information content (AvgIpc) is 2.80. The van der Waals surface area contributed by atoms with Gasteiger partial charge in [0.1, 0.15) is 0 Å². The van der Waals surface area contributed by atoms with Gasteiger partial charge in [0.25, 0.3) is 0 Å². The molecule has 17 heavy (non-hydrogen) atoms. The zero-order valence-electron chi connectivity index (χ0n) is 9.56. The second-order valence-electron chi connectivity index (χ2n) is 3.99. The summed E-state index contributed by atoms with van der Waals surface area (Å²) in [5.41, 5.74) is 2.06. The Kier molecular flexibility index (Phi) is 4.15. The van der Waals surface area contributed by atoms with E-state index < -0.39 is 0 Å². The Balaban J connectivity index is 2.20. The van der Waals surface area contributed by atoms with Crippen molar-refractivity contribution >= 4 is 22.9 Å². The third-order valence-electron chi connectivity index (χ3n) is 2.65. The number of benzene rings is 1. The van der Waals surface area contributed by atoms with E-state index in [1.807, 2.05) is 29.6 Å². The van der Waals surface area contributed by atoms with E-state index in [4.69, 9.17) is 16.7 Å². The molecule has 1 aromatic carbocycles. The lowest BCUT2D eigenvalue weighted by molar-refractivity contribution is 0.278. The molecule has 1 N–H and O–H groups in total. The maximum absolute atomic E-state index is 8.91. The Morgan fingerprint density at radius 1 is 1.35 bits per heavy atom. The van der Waals surface area contributed by atoms with Crippen LogP contribution in [0.25, 0.3) is 11.3 Å². The van der Waals surface area contributed by atoms with Crippen LogP contribution in [0.3, 0.4) is 0 Å². The fourth-order valence-electron chi connectivity index (χ4n) is 1.58. The molecule has 1 aromatic heterocycles. The smallest absolute Gasteiger partial charge is 0.0961 e. The topological polar surface area (TPSA) is 33.1 Å². The van der Waals surface area contributed by atoms with Crippen molar-refractivity contribution in [2.75, 3.05) is 6.61 Å². The van der Waals surface area contributed by atoms with E-state index in [2.05, 4.69) is 11.9 Å². The van der Waals surface area contributed by atoms with Gasteiger partial charge in [-0.1, -0.05) is 30.7 Å². The lowest BCUT2D eigenvalue weighted by Crippen LogP contribution is -1.95. The van der Waals surface area contributed by atoms with Gasteiger partial charge in [0, 0.05) is 28.5 Å². The Morgan fingerprint density at radius 3 is 2.71 bits per heavy atom. The number of aromatic nitrogens is 1. The zero-order valence-corrected chi connectivity index (χ0v) is 11.1. The Morgan fingerprint density at radius 2 is 2.06 bits per heavy atom. The van der Waals surface area contributed by atoms with Gasteiger partial charge in [0.05, 0.1) is 10.7 Å². The van der Waals surface area contributed by atoms with Crippen LogP contribution in [0.15, 0.2) is 29.6 Å². The van der Waals surface area contributed by atoms with Gasteiger partial charge in [-0.3, -0.25) is 0 Å². The molecular weight excluding hydrogens is 254 g/mol. The minimum absolute atomic E-state index is 0.205. The van der Waals surface area contributed by atoms with Gasteiger partial charge in [-0.05, 0) is 18.6 Å². The molecule has 90 valence electrons. The number of aliphatic hydroxyl groups excluding tert-OH is 1. The van der Waals surface area contributed by atoms with E-state index in [-0.39, 0.29) is 6.61 Å². The molecule has 4 heteroatoms. The molecule has 0 saturated carbocycles. The van der Waals surface area contributed by atoms with E-state index in [9.17, 15) is 0 Å². The summed E-state index contributed by atoms with van der Waals surface area (Å²) in [6, 6.07) is 7.68. The molecule has 2 nitrogen and oxygen atoms in total. The van der Waals surface area contributed by atoms with Gasteiger partial charge < -0.3 is 5.11 Å². The fourth-order valence-corrected chi connectivity index (χ4v) is 2.63. The van der Waals surface area contributed by atoms with E-state index in [0.29, 0.717) is 5.92 Å². The molecule has 0 spiro atoms. The fraction of sp³-hybridized carbons (Fsp3) is 0.308. The van der Waals surface area contributed by atoms with Gasteiger partial charge in [-0.2, -0.15) is 0 Å². The maximum Gasteiger partial charge on any atom is 0.0961 e. The molecule has 0 bridgehead atoms. The number of hydrogen-bond acceptors (Lipinski definition) is 3. The van der Waals surface area contributed by atoms with E-state index in [0.717, 1.165) is 27.7 Å². The molecule has 1 atom stereocenters. The van der Waals surface area contributed by atoms with Crippen molar-refractivity contribution in [2.24, 2.45) is 0 Å². The summed E-state index contributed by atoms with van der Waals surface area (Å²) in [4.78, 5) is 4.59. The van der Waals surface area contributed by atoms with Gasteiger partial charge in [-0.15, -0.1) is 11.3 Å². The van der Waals surface area contributed by atoms with Crippen LogP contribution in [0.1, 0.15) is 24.3 Å². The van der Waals surface area contributed by atoms with Crippen LogP contribution < -0.4 is 0 Å². The molecule has 0 fully saturated rings. The summed E-state index contributed by atoms with van der Waals surface area (Å²) in [6.07, 6.45) is 0.758. The highest BCUT2D eigenvalue weighted by Gasteiger charge is 2.10. The molecule has 2 rings (SSSR count). The highest BCUT2D eigenvalue weighted by molar-refractivity contribution is 7.10. The molecule has 0 aliphatic heterocycles. The van der Waals surface area contributed by atoms with Crippen molar-refractivity contribution in [2.45, 2.75) is 19.3 Å². The molecule has 2 aromatic rings. The van der Waals surface area contributed by atoms with Crippen molar-refractivity contribution in [3.63, 3.8) is 0 Å². The monoisotopic (exact) mass is 267 g/mol. The first-order valence-electron chi connectivity index (χ1n) is 5.53. The van der Waals surface area contributed by atoms with E-state index in [1.165, 1.54) is 0 Å². The summed E-state index contributed by atoms with van der Waals surface area (Å²) in [5, 5.41) is 12.8. The molecule has 0 radical (unpaired) electrons. The van der Waals surface area contributed by atoms with Crippen molar-refractivity contribution in [3.05, 3.63) is 39.7 Å². The lowest BCUT2D eigenvalue weighted by Gasteiger charge is -2.04. The van der Waals surface area contributed by atoms with Gasteiger partial charge in [0.15, 0.2) is 0 Å². The first kappa shape index (κ1) is 12.6. The van der Waals surface area contributed by atoms with Crippen LogP contribution in [-0.4, -0.2) is 16.7 Å². The number of halogens is 1. The van der Waals surface area contributed by atoms with E-state index in [1.54, 1.807) is 11.3 Å². The van der Waals surface area contributed by atoms with Crippen LogP contribution >= 0.6 is 22.9 Å². The zero-order chi connectivity index (χ0) is 12.3. The summed E-state index contributed by atoms with van der Waals surface area (Å²) in [5.74, 6) is 0.311. The quantitative estimate of drug-likeness (QED) is 0.910. The minimum Gasteiger partial charge on any atom is -0.396 e. The molecular formula is C13H14ClNOS. The van der Waals surface area contributed by atoms with Crippen LogP contribution in [-0.2, 0) is 0 Å². The first-order valence-corrected chi connectivity index (χ1v) is 6.78. The number of hydrogen-bond donors (Lipinski definition) is 1. The molecule has 1 unspecified atom stereocenters. The number of aliphatic hydroxyl groups is 1. The summed E-state index contributed by atoms with van der Waals surface area (Å²) < 4.78 is 0. The van der Waals surface area contributed by atoms with Crippen molar-refractivity contribution in [1.29, 1.82) is 0 Å². The molecule has 1 heterocycles. The third kappa shape index (κ3) is 3.06. The van der Waals surface area contributed by atoms with Crippen LogP contribution in [0.2, 0.25) is 5.02 Å². The number of thiazole rings is 1. The Bertz CT molecular complexity index is 480. The Labute approximate surface area is 110 Å². The van der Waals surface area contributed by atoms with Crippen LogP contribution in [0.5, 0.6) is 0 Å². The lowest BCUT2D eigenvalue weighted by atomic mass is 10.1. The van der Waals surface area contributed by atoms with Crippen molar-refractivity contribution in [3.8, 4) is 11.3 Å². The summed E-state index contributed by atoms with van der Waals surface area (Å²) in [7, 11) is 0.